The first-order chi connectivity index (χ1) is 12.4. The standard InChI is InChI=1S/C18H28N4O3S/c1-2-21-8-10-22(11-9-21)26(24,25)17-5-3-4-16(13-17)20-18(23)14-6-7-15(19)12-14/h3-5,13-15H,2,6-12,19H2,1H3,(H,20,23). The molecule has 0 spiro atoms. The predicted octanol–water partition coefficient (Wildman–Crippen LogP) is 1.08. The molecule has 7 nitrogen and oxygen atoms in total. The quantitative estimate of drug-likeness (QED) is 0.797. The van der Waals surface area contributed by atoms with Crippen molar-refractivity contribution < 1.29 is 13.2 Å². The molecule has 8 heteroatoms. The molecule has 2 fully saturated rings. The van der Waals surface area contributed by atoms with E-state index in [4.69, 9.17) is 5.73 Å². The number of hydrogen-bond donors (Lipinski definition) is 2. The van der Waals surface area contributed by atoms with E-state index < -0.39 is 10.0 Å². The molecule has 3 rings (SSSR count). The Morgan fingerprint density at radius 3 is 2.58 bits per heavy atom. The van der Waals surface area contributed by atoms with E-state index in [0.29, 0.717) is 25.2 Å². The number of sulfonamides is 1. The Morgan fingerprint density at radius 2 is 1.96 bits per heavy atom. The van der Waals surface area contributed by atoms with Gasteiger partial charge in [-0.2, -0.15) is 4.31 Å². The Labute approximate surface area is 155 Å². The van der Waals surface area contributed by atoms with E-state index in [2.05, 4.69) is 17.1 Å². The number of likely N-dealkylation sites (N-methyl/N-ethyl adjacent to an activating group) is 1. The van der Waals surface area contributed by atoms with E-state index in [9.17, 15) is 13.2 Å². The molecule has 26 heavy (non-hydrogen) atoms. The van der Waals surface area contributed by atoms with Crippen molar-refractivity contribution in [1.29, 1.82) is 0 Å². The molecule has 1 aromatic carbocycles. The maximum absolute atomic E-state index is 12.9. The van der Waals surface area contributed by atoms with E-state index >= 15 is 0 Å². The second kappa shape index (κ2) is 8.04. The largest absolute Gasteiger partial charge is 0.328 e. The van der Waals surface area contributed by atoms with Gasteiger partial charge in [0.05, 0.1) is 4.90 Å². The van der Waals surface area contributed by atoms with Crippen LogP contribution >= 0.6 is 0 Å². The summed E-state index contributed by atoms with van der Waals surface area (Å²) in [7, 11) is -3.54. The smallest absolute Gasteiger partial charge is 0.243 e. The zero-order chi connectivity index (χ0) is 18.7. The summed E-state index contributed by atoms with van der Waals surface area (Å²) < 4.78 is 27.3. The van der Waals surface area contributed by atoms with Gasteiger partial charge in [0.15, 0.2) is 0 Å². The highest BCUT2D eigenvalue weighted by Crippen LogP contribution is 2.26. The highest BCUT2D eigenvalue weighted by molar-refractivity contribution is 7.89. The first-order valence-electron chi connectivity index (χ1n) is 9.29. The zero-order valence-electron chi connectivity index (χ0n) is 15.2. The van der Waals surface area contributed by atoms with Crippen LogP contribution in [0.25, 0.3) is 0 Å². The number of carbonyl (C=O) groups is 1. The number of nitrogens with two attached hydrogens (primary N) is 1. The fourth-order valence-electron chi connectivity index (χ4n) is 3.67. The Kier molecular flexibility index (Phi) is 5.96. The number of benzene rings is 1. The van der Waals surface area contributed by atoms with Crippen LogP contribution in [-0.4, -0.2) is 62.3 Å². The molecule has 1 aromatic rings. The third-order valence-corrected chi connectivity index (χ3v) is 7.26. The van der Waals surface area contributed by atoms with Gasteiger partial charge in [0.25, 0.3) is 0 Å². The summed E-state index contributed by atoms with van der Waals surface area (Å²) >= 11 is 0. The summed E-state index contributed by atoms with van der Waals surface area (Å²) in [6, 6.07) is 6.61. The van der Waals surface area contributed by atoms with Gasteiger partial charge in [-0.25, -0.2) is 8.42 Å². The normalized spacial score (nSPS) is 25.3. The number of hydrogen-bond acceptors (Lipinski definition) is 5. The number of amides is 1. The fraction of sp³-hybridized carbons (Fsp3) is 0.611. The van der Waals surface area contributed by atoms with E-state index in [0.717, 1.165) is 32.5 Å². The van der Waals surface area contributed by atoms with Gasteiger partial charge in [0.1, 0.15) is 0 Å². The molecule has 3 N–H and O–H groups in total. The molecular weight excluding hydrogens is 352 g/mol. The molecule has 2 unspecified atom stereocenters. The van der Waals surface area contributed by atoms with Crippen LogP contribution in [0.5, 0.6) is 0 Å². The third-order valence-electron chi connectivity index (χ3n) is 5.36. The van der Waals surface area contributed by atoms with Crippen LogP contribution in [0.4, 0.5) is 5.69 Å². The molecule has 2 atom stereocenters. The number of nitrogens with one attached hydrogen (secondary N) is 1. The van der Waals surface area contributed by atoms with Gasteiger partial charge < -0.3 is 16.0 Å². The van der Waals surface area contributed by atoms with Crippen molar-refractivity contribution in [3.05, 3.63) is 24.3 Å². The maximum Gasteiger partial charge on any atom is 0.243 e. The van der Waals surface area contributed by atoms with Gasteiger partial charge in [0, 0.05) is 43.8 Å². The predicted molar refractivity (Wildman–Crippen MR) is 101 cm³/mol. The summed E-state index contributed by atoms with van der Waals surface area (Å²) in [4.78, 5) is 14.8. The molecule has 1 saturated carbocycles. The van der Waals surface area contributed by atoms with Crippen molar-refractivity contribution in [2.24, 2.45) is 11.7 Å². The Bertz CT molecular complexity index is 745. The lowest BCUT2D eigenvalue weighted by Crippen LogP contribution is -2.48. The second-order valence-electron chi connectivity index (χ2n) is 7.13. The van der Waals surface area contributed by atoms with Crippen LogP contribution in [0.15, 0.2) is 29.2 Å². The molecule has 1 heterocycles. The van der Waals surface area contributed by atoms with Crippen molar-refractivity contribution in [2.75, 3.05) is 38.0 Å². The Balaban J connectivity index is 1.69. The summed E-state index contributed by atoms with van der Waals surface area (Å²) in [5, 5.41) is 2.85. The molecule has 1 amide bonds. The number of nitrogens with zero attached hydrogens (tertiary/aromatic N) is 2. The van der Waals surface area contributed by atoms with Gasteiger partial charge in [-0.3, -0.25) is 4.79 Å². The molecule has 144 valence electrons. The lowest BCUT2D eigenvalue weighted by atomic mass is 10.1. The highest BCUT2D eigenvalue weighted by Gasteiger charge is 2.30. The SMILES string of the molecule is CCN1CCN(S(=O)(=O)c2cccc(NC(=O)C3CCC(N)C3)c2)CC1. The average Bonchev–Trinajstić information content (AvgIpc) is 3.08. The summed E-state index contributed by atoms with van der Waals surface area (Å²) in [5.74, 6) is -0.170. The first-order valence-corrected chi connectivity index (χ1v) is 10.7. The molecule has 2 aliphatic rings. The first kappa shape index (κ1) is 19.3. The summed E-state index contributed by atoms with van der Waals surface area (Å²) in [5.41, 5.74) is 6.39. The minimum Gasteiger partial charge on any atom is -0.328 e. The van der Waals surface area contributed by atoms with Gasteiger partial charge in [0.2, 0.25) is 15.9 Å². The van der Waals surface area contributed by atoms with E-state index in [1.54, 1.807) is 24.3 Å². The molecule has 0 aromatic heterocycles. The monoisotopic (exact) mass is 380 g/mol. The molecular formula is C18H28N4O3S. The van der Waals surface area contributed by atoms with Crippen LogP contribution < -0.4 is 11.1 Å². The van der Waals surface area contributed by atoms with Crippen LogP contribution in [-0.2, 0) is 14.8 Å². The van der Waals surface area contributed by atoms with E-state index in [-0.39, 0.29) is 22.8 Å². The number of anilines is 1. The minimum atomic E-state index is -3.54. The second-order valence-corrected chi connectivity index (χ2v) is 9.06. The van der Waals surface area contributed by atoms with Crippen LogP contribution in [0.3, 0.4) is 0 Å². The van der Waals surface area contributed by atoms with Crippen LogP contribution in [0.2, 0.25) is 0 Å². The van der Waals surface area contributed by atoms with Gasteiger partial charge in [-0.15, -0.1) is 0 Å². The van der Waals surface area contributed by atoms with Crippen molar-refractivity contribution in [3.8, 4) is 0 Å². The maximum atomic E-state index is 12.9. The molecule has 0 radical (unpaired) electrons. The number of carbonyl (C=O) groups excluding carboxylic acids is 1. The third kappa shape index (κ3) is 4.25. The van der Waals surface area contributed by atoms with Gasteiger partial charge in [-0.1, -0.05) is 13.0 Å². The van der Waals surface area contributed by atoms with E-state index in [1.807, 2.05) is 0 Å². The molecule has 1 aliphatic carbocycles. The zero-order valence-corrected chi connectivity index (χ0v) is 16.0. The highest BCUT2D eigenvalue weighted by atomic mass is 32.2. The van der Waals surface area contributed by atoms with Crippen LogP contribution in [0, 0.1) is 5.92 Å². The Morgan fingerprint density at radius 1 is 1.23 bits per heavy atom. The number of rotatable bonds is 5. The summed E-state index contributed by atoms with van der Waals surface area (Å²) in [6.07, 6.45) is 2.33. The van der Waals surface area contributed by atoms with Gasteiger partial charge in [-0.05, 0) is 44.0 Å². The number of piperazine rings is 1. The lowest BCUT2D eigenvalue weighted by molar-refractivity contribution is -0.119. The van der Waals surface area contributed by atoms with Crippen molar-refractivity contribution >= 4 is 21.6 Å². The molecule has 1 aliphatic heterocycles. The topological polar surface area (TPSA) is 95.7 Å². The van der Waals surface area contributed by atoms with Gasteiger partial charge >= 0.3 is 0 Å². The van der Waals surface area contributed by atoms with Crippen molar-refractivity contribution in [1.82, 2.24) is 9.21 Å². The molecule has 1 saturated heterocycles. The van der Waals surface area contributed by atoms with E-state index in [1.165, 1.54) is 4.31 Å². The lowest BCUT2D eigenvalue weighted by Gasteiger charge is -2.33. The van der Waals surface area contributed by atoms with Crippen LogP contribution in [0.1, 0.15) is 26.2 Å². The Hall–Kier alpha value is -1.48. The molecule has 0 bridgehead atoms. The van der Waals surface area contributed by atoms with Crippen molar-refractivity contribution in [3.63, 3.8) is 0 Å². The summed E-state index contributed by atoms with van der Waals surface area (Å²) in [6.45, 7) is 5.48. The van der Waals surface area contributed by atoms with Crippen molar-refractivity contribution in [2.45, 2.75) is 37.1 Å². The average molecular weight is 381 g/mol. The minimum absolute atomic E-state index is 0.0796. The fourth-order valence-corrected chi connectivity index (χ4v) is 5.14.